The Hall–Kier alpha value is -1.99. The molecule has 0 aliphatic rings. The summed E-state index contributed by atoms with van der Waals surface area (Å²) in [7, 11) is 0. The van der Waals surface area contributed by atoms with Gasteiger partial charge in [-0.05, 0) is 31.2 Å². The molecule has 2 aromatic heterocycles. The van der Waals surface area contributed by atoms with Crippen LogP contribution in [0.25, 0.3) is 4.96 Å². The molecule has 0 aliphatic carbocycles. The van der Waals surface area contributed by atoms with Gasteiger partial charge in [-0.15, -0.1) is 10.2 Å². The molecule has 0 fully saturated rings. The summed E-state index contributed by atoms with van der Waals surface area (Å²) in [5, 5.41) is 16.4. The van der Waals surface area contributed by atoms with Crippen molar-refractivity contribution >= 4 is 33.8 Å². The minimum atomic E-state index is -0.163. The van der Waals surface area contributed by atoms with Crippen molar-refractivity contribution in [1.82, 2.24) is 25.1 Å². The van der Waals surface area contributed by atoms with Gasteiger partial charge in [0.15, 0.2) is 5.82 Å². The molecule has 8 heteroatoms. The number of hydrogen-bond donors (Lipinski definition) is 1. The zero-order chi connectivity index (χ0) is 14.1. The predicted molar refractivity (Wildman–Crippen MR) is 76.0 cm³/mol. The third-order valence-corrected chi connectivity index (χ3v) is 3.85. The zero-order valence-electron chi connectivity index (χ0n) is 10.5. The summed E-state index contributed by atoms with van der Waals surface area (Å²) in [6.07, 6.45) is 0. The van der Waals surface area contributed by atoms with E-state index in [1.54, 1.807) is 28.8 Å². The van der Waals surface area contributed by atoms with Crippen molar-refractivity contribution in [3.63, 3.8) is 0 Å². The molecule has 0 spiro atoms. The van der Waals surface area contributed by atoms with Gasteiger partial charge in [-0.2, -0.15) is 9.61 Å². The van der Waals surface area contributed by atoms with Gasteiger partial charge in [0.05, 0.1) is 6.54 Å². The fourth-order valence-electron chi connectivity index (χ4n) is 1.69. The van der Waals surface area contributed by atoms with Crippen molar-refractivity contribution in [3.8, 4) is 0 Å². The van der Waals surface area contributed by atoms with E-state index >= 15 is 0 Å². The van der Waals surface area contributed by atoms with Crippen LogP contribution in [0.4, 0.5) is 0 Å². The lowest BCUT2D eigenvalue weighted by molar-refractivity contribution is 0.0951. The lowest BCUT2D eigenvalue weighted by Crippen LogP contribution is -2.22. The van der Waals surface area contributed by atoms with Gasteiger partial charge in [-0.1, -0.05) is 22.9 Å². The molecule has 1 N–H and O–H groups in total. The summed E-state index contributed by atoms with van der Waals surface area (Å²) in [6.45, 7) is 2.19. The Balaban J connectivity index is 1.69. The molecule has 0 radical (unpaired) electrons. The summed E-state index contributed by atoms with van der Waals surface area (Å²) >= 11 is 7.18. The molecule has 6 nitrogen and oxygen atoms in total. The molecule has 20 heavy (non-hydrogen) atoms. The molecule has 3 rings (SSSR count). The quantitative estimate of drug-likeness (QED) is 0.804. The van der Waals surface area contributed by atoms with Crippen molar-refractivity contribution in [2.75, 3.05) is 0 Å². The average molecular weight is 308 g/mol. The van der Waals surface area contributed by atoms with E-state index in [0.29, 0.717) is 17.1 Å². The van der Waals surface area contributed by atoms with Crippen LogP contribution in [-0.4, -0.2) is 25.7 Å². The second kappa shape index (κ2) is 5.18. The van der Waals surface area contributed by atoms with Gasteiger partial charge in [0, 0.05) is 10.6 Å². The number of nitrogens with one attached hydrogen (secondary N) is 1. The third kappa shape index (κ3) is 2.50. The Kier molecular flexibility index (Phi) is 3.37. The Morgan fingerprint density at radius 1 is 1.35 bits per heavy atom. The number of rotatable bonds is 3. The van der Waals surface area contributed by atoms with E-state index in [1.807, 2.05) is 6.92 Å². The summed E-state index contributed by atoms with van der Waals surface area (Å²) in [6, 6.07) is 6.73. The molecule has 2 heterocycles. The Morgan fingerprint density at radius 2 is 2.10 bits per heavy atom. The van der Waals surface area contributed by atoms with Gasteiger partial charge in [-0.3, -0.25) is 4.79 Å². The standard InChI is InChI=1S/C12H10ClN5OS/c1-7-15-16-12-18(7)17-10(20-12)6-14-11(19)8-2-4-9(13)5-3-8/h2-5H,6H2,1H3,(H,14,19). The van der Waals surface area contributed by atoms with Gasteiger partial charge < -0.3 is 5.32 Å². The molecule has 0 saturated heterocycles. The van der Waals surface area contributed by atoms with Crippen molar-refractivity contribution < 1.29 is 4.79 Å². The third-order valence-electron chi connectivity index (χ3n) is 2.70. The first-order valence-electron chi connectivity index (χ1n) is 5.85. The molecule has 0 saturated carbocycles. The fraction of sp³-hybridized carbons (Fsp3) is 0.167. The monoisotopic (exact) mass is 307 g/mol. The van der Waals surface area contributed by atoms with E-state index in [0.717, 1.165) is 15.8 Å². The van der Waals surface area contributed by atoms with Crippen molar-refractivity contribution in [1.29, 1.82) is 0 Å². The Morgan fingerprint density at radius 3 is 2.80 bits per heavy atom. The van der Waals surface area contributed by atoms with Crippen LogP contribution in [0.5, 0.6) is 0 Å². The molecular formula is C12H10ClN5OS. The molecule has 1 aromatic carbocycles. The van der Waals surface area contributed by atoms with Crippen LogP contribution in [-0.2, 0) is 6.54 Å². The number of aromatic nitrogens is 4. The highest BCUT2D eigenvalue weighted by Crippen LogP contribution is 2.14. The molecule has 102 valence electrons. The summed E-state index contributed by atoms with van der Waals surface area (Å²) in [5.74, 6) is 0.566. The van der Waals surface area contributed by atoms with E-state index in [1.165, 1.54) is 11.3 Å². The second-order valence-corrected chi connectivity index (χ2v) is 5.60. The largest absolute Gasteiger partial charge is 0.345 e. The predicted octanol–water partition coefficient (Wildman–Crippen LogP) is 2.08. The Labute approximate surface area is 123 Å². The van der Waals surface area contributed by atoms with E-state index in [-0.39, 0.29) is 5.91 Å². The number of amides is 1. The number of carbonyl (C=O) groups excluding carboxylic acids is 1. The van der Waals surface area contributed by atoms with Gasteiger partial charge in [-0.25, -0.2) is 0 Å². The normalized spacial score (nSPS) is 10.9. The van der Waals surface area contributed by atoms with Crippen molar-refractivity contribution in [2.45, 2.75) is 13.5 Å². The average Bonchev–Trinajstić information content (AvgIpc) is 2.99. The van der Waals surface area contributed by atoms with Crippen LogP contribution < -0.4 is 5.32 Å². The molecular weight excluding hydrogens is 298 g/mol. The van der Waals surface area contributed by atoms with Gasteiger partial charge in [0.2, 0.25) is 4.96 Å². The van der Waals surface area contributed by atoms with Gasteiger partial charge in [0.1, 0.15) is 5.01 Å². The minimum Gasteiger partial charge on any atom is -0.345 e. The maximum absolute atomic E-state index is 11.9. The minimum absolute atomic E-state index is 0.163. The maximum Gasteiger partial charge on any atom is 0.251 e. The van der Waals surface area contributed by atoms with E-state index in [4.69, 9.17) is 11.6 Å². The first kappa shape index (κ1) is 13.0. The van der Waals surface area contributed by atoms with Crippen LogP contribution >= 0.6 is 22.9 Å². The second-order valence-electron chi connectivity index (χ2n) is 4.13. The van der Waals surface area contributed by atoms with Crippen molar-refractivity contribution in [3.05, 3.63) is 45.7 Å². The van der Waals surface area contributed by atoms with E-state index in [2.05, 4.69) is 20.6 Å². The Bertz CT molecular complexity index is 764. The first-order chi connectivity index (χ1) is 9.63. The lowest BCUT2D eigenvalue weighted by atomic mass is 10.2. The summed E-state index contributed by atoms with van der Waals surface area (Å²) < 4.78 is 1.66. The highest BCUT2D eigenvalue weighted by Gasteiger charge is 2.10. The lowest BCUT2D eigenvalue weighted by Gasteiger charge is -2.02. The van der Waals surface area contributed by atoms with Crippen LogP contribution in [0.2, 0.25) is 5.02 Å². The van der Waals surface area contributed by atoms with Gasteiger partial charge >= 0.3 is 0 Å². The molecule has 1 amide bonds. The van der Waals surface area contributed by atoms with Crippen LogP contribution in [0.1, 0.15) is 21.2 Å². The number of nitrogens with zero attached hydrogens (tertiary/aromatic N) is 4. The van der Waals surface area contributed by atoms with E-state index in [9.17, 15) is 4.79 Å². The van der Waals surface area contributed by atoms with Gasteiger partial charge in [0.25, 0.3) is 5.91 Å². The van der Waals surface area contributed by atoms with E-state index < -0.39 is 0 Å². The maximum atomic E-state index is 11.9. The fourth-order valence-corrected chi connectivity index (χ4v) is 2.63. The van der Waals surface area contributed by atoms with Crippen LogP contribution in [0, 0.1) is 6.92 Å². The smallest absolute Gasteiger partial charge is 0.251 e. The number of carbonyl (C=O) groups is 1. The molecule has 0 atom stereocenters. The number of fused-ring (bicyclic) bond motifs is 1. The topological polar surface area (TPSA) is 72.2 Å². The highest BCUT2D eigenvalue weighted by atomic mass is 35.5. The van der Waals surface area contributed by atoms with Crippen molar-refractivity contribution in [2.24, 2.45) is 0 Å². The summed E-state index contributed by atoms with van der Waals surface area (Å²) in [5.41, 5.74) is 0.564. The summed E-state index contributed by atoms with van der Waals surface area (Å²) in [4.78, 5) is 12.7. The molecule has 0 aliphatic heterocycles. The molecule has 3 aromatic rings. The molecule has 0 unspecified atom stereocenters. The zero-order valence-corrected chi connectivity index (χ0v) is 12.1. The number of hydrogen-bond acceptors (Lipinski definition) is 5. The molecule has 0 bridgehead atoms. The number of benzene rings is 1. The van der Waals surface area contributed by atoms with Crippen LogP contribution in [0.3, 0.4) is 0 Å². The number of halogens is 1. The highest BCUT2D eigenvalue weighted by molar-refractivity contribution is 7.16. The first-order valence-corrected chi connectivity index (χ1v) is 7.04. The van der Waals surface area contributed by atoms with Crippen LogP contribution in [0.15, 0.2) is 24.3 Å². The SMILES string of the molecule is Cc1nnc2sc(CNC(=O)c3ccc(Cl)cc3)nn12. The number of aryl methyl sites for hydroxylation is 1.